The van der Waals surface area contributed by atoms with E-state index in [1.165, 1.54) is 186 Å². The molecule has 0 aromatic rings. The first kappa shape index (κ1) is 69.8. The Balaban J connectivity index is 1.66. The molecule has 2 aliphatic rings. The van der Waals surface area contributed by atoms with Crippen LogP contribution in [0.5, 0.6) is 0 Å². The van der Waals surface area contributed by atoms with Crippen molar-refractivity contribution in [1.82, 2.24) is 0 Å². The van der Waals surface area contributed by atoms with Crippen LogP contribution < -0.4 is 0 Å². The van der Waals surface area contributed by atoms with Gasteiger partial charge < -0.3 is 64.2 Å². The zero-order valence-corrected chi connectivity index (χ0v) is 47.8. The van der Waals surface area contributed by atoms with Gasteiger partial charge in [0.25, 0.3) is 0 Å². The van der Waals surface area contributed by atoms with Crippen LogP contribution in [0.2, 0.25) is 0 Å². The maximum absolute atomic E-state index is 13.1. The number of unbranched alkanes of at least 4 members (excludes halogenated alkanes) is 36. The van der Waals surface area contributed by atoms with Gasteiger partial charge in [-0.15, -0.1) is 0 Å². The molecule has 0 saturated carbocycles. The average Bonchev–Trinajstić information content (AvgIpc) is 3.41. The maximum atomic E-state index is 13.1. The van der Waals surface area contributed by atoms with E-state index in [2.05, 4.69) is 26.0 Å². The summed E-state index contributed by atoms with van der Waals surface area (Å²) in [6, 6.07) is 0. The Bertz CT molecular complexity index is 1290. The van der Waals surface area contributed by atoms with Crippen molar-refractivity contribution in [1.29, 1.82) is 0 Å². The molecule has 11 unspecified atom stereocenters. The minimum atomic E-state index is -1.70. The second-order valence-electron chi connectivity index (χ2n) is 22.2. The number of ether oxygens (including phenoxy) is 6. The van der Waals surface area contributed by atoms with Gasteiger partial charge in [0, 0.05) is 13.0 Å². The van der Waals surface area contributed by atoms with Gasteiger partial charge in [0.1, 0.15) is 54.9 Å². The van der Waals surface area contributed by atoms with E-state index in [9.17, 15) is 40.5 Å². The molecular formula is C61H116O14. The van der Waals surface area contributed by atoms with E-state index in [4.69, 9.17) is 28.4 Å². The minimum Gasteiger partial charge on any atom is -0.457 e. The quantitative estimate of drug-likeness (QED) is 0.0172. The summed E-state index contributed by atoms with van der Waals surface area (Å²) < 4.78 is 34.4. The van der Waals surface area contributed by atoms with Crippen molar-refractivity contribution in [2.75, 3.05) is 33.0 Å². The average molecular weight is 1070 g/mol. The number of esters is 1. The van der Waals surface area contributed by atoms with Crippen LogP contribution in [0.15, 0.2) is 12.2 Å². The molecule has 7 N–H and O–H groups in total. The molecule has 2 fully saturated rings. The molecule has 75 heavy (non-hydrogen) atoms. The second-order valence-corrected chi connectivity index (χ2v) is 22.2. The maximum Gasteiger partial charge on any atom is 0.306 e. The molecule has 14 heteroatoms. The van der Waals surface area contributed by atoms with Crippen LogP contribution >= 0.6 is 0 Å². The molecule has 444 valence electrons. The van der Waals surface area contributed by atoms with Crippen LogP contribution in [0, 0.1) is 0 Å². The molecule has 0 aromatic heterocycles. The van der Waals surface area contributed by atoms with Crippen molar-refractivity contribution in [3.63, 3.8) is 0 Å². The zero-order chi connectivity index (χ0) is 54.4. The molecule has 0 amide bonds. The lowest BCUT2D eigenvalue weighted by Crippen LogP contribution is -2.61. The molecular weight excluding hydrogens is 957 g/mol. The third-order valence-electron chi connectivity index (χ3n) is 15.3. The Hall–Kier alpha value is -1.27. The highest BCUT2D eigenvalue weighted by Crippen LogP contribution is 2.27. The predicted molar refractivity (Wildman–Crippen MR) is 298 cm³/mol. The smallest absolute Gasteiger partial charge is 0.306 e. The van der Waals surface area contributed by atoms with Crippen LogP contribution in [0.1, 0.15) is 271 Å². The molecule has 0 aliphatic carbocycles. The van der Waals surface area contributed by atoms with Crippen molar-refractivity contribution >= 4 is 5.97 Å². The lowest BCUT2D eigenvalue weighted by Gasteiger charge is -2.42. The molecule has 11 atom stereocenters. The number of carbonyl (C=O) groups excluding carboxylic acids is 1. The molecule has 0 bridgehead atoms. The Morgan fingerprint density at radius 2 is 0.787 bits per heavy atom. The van der Waals surface area contributed by atoms with Gasteiger partial charge >= 0.3 is 5.97 Å². The summed E-state index contributed by atoms with van der Waals surface area (Å²) in [5, 5.41) is 72.4. The first-order chi connectivity index (χ1) is 36.6. The lowest BCUT2D eigenvalue weighted by molar-refractivity contribution is -0.332. The molecule has 2 rings (SSSR count). The van der Waals surface area contributed by atoms with E-state index in [0.717, 1.165) is 57.8 Å². The Morgan fingerprint density at radius 3 is 1.21 bits per heavy atom. The highest BCUT2D eigenvalue weighted by molar-refractivity contribution is 5.69. The summed E-state index contributed by atoms with van der Waals surface area (Å²) in [7, 11) is 0. The Morgan fingerprint density at radius 1 is 0.427 bits per heavy atom. The van der Waals surface area contributed by atoms with Crippen molar-refractivity contribution in [3.8, 4) is 0 Å². The van der Waals surface area contributed by atoms with Gasteiger partial charge in [-0.05, 0) is 38.5 Å². The van der Waals surface area contributed by atoms with E-state index in [1.54, 1.807) is 0 Å². The van der Waals surface area contributed by atoms with Gasteiger partial charge in [0.05, 0.1) is 26.4 Å². The molecule has 0 spiro atoms. The van der Waals surface area contributed by atoms with Gasteiger partial charge in [-0.1, -0.05) is 238 Å². The molecule has 0 aromatic carbocycles. The van der Waals surface area contributed by atoms with Crippen molar-refractivity contribution in [2.24, 2.45) is 0 Å². The standard InChI is InChI=1S/C61H116O14/c1-3-5-7-9-11-13-15-17-19-21-22-23-24-25-26-27-28-29-31-33-35-37-39-41-43-45-70-47-50(73-53(63)44-42-40-38-36-34-32-30-20-18-16-14-12-10-8-6-4-2)48-71-60-59(69)57(67)55(65)52(75-60)49-72-61-58(68)56(66)54(64)51(46-62)74-61/h20,30,50-52,54-62,64-69H,3-19,21-29,31-49H2,1-2H3/b30-20-. The van der Waals surface area contributed by atoms with E-state index >= 15 is 0 Å². The number of aliphatic hydroxyl groups is 7. The third kappa shape index (κ3) is 35.2. The predicted octanol–water partition coefficient (Wildman–Crippen LogP) is 11.8. The normalized spacial score (nSPS) is 24.6. The molecule has 2 heterocycles. The number of hydrogen-bond acceptors (Lipinski definition) is 14. The topological polar surface area (TPSA) is 214 Å². The number of aliphatic hydroxyl groups excluding tert-OH is 7. The monoisotopic (exact) mass is 1070 g/mol. The molecule has 0 radical (unpaired) electrons. The van der Waals surface area contributed by atoms with Gasteiger partial charge in [-0.25, -0.2) is 0 Å². The number of rotatable bonds is 52. The first-order valence-corrected chi connectivity index (χ1v) is 31.3. The van der Waals surface area contributed by atoms with Gasteiger partial charge in [-0.3, -0.25) is 4.79 Å². The Kier molecular flexibility index (Phi) is 45.3. The van der Waals surface area contributed by atoms with Gasteiger partial charge in [-0.2, -0.15) is 0 Å². The largest absolute Gasteiger partial charge is 0.457 e. The SMILES string of the molecule is CCCCCCCCC/C=C\CCCCCCCC(=O)OC(COCCCCCCCCCCCCCCCCCCCCCCCCCCC)COC1OC(COC2OC(CO)C(O)C(O)C2O)C(O)C(O)C1O. The zero-order valence-electron chi connectivity index (χ0n) is 47.8. The summed E-state index contributed by atoms with van der Waals surface area (Å²) >= 11 is 0. The van der Waals surface area contributed by atoms with Crippen molar-refractivity contribution in [3.05, 3.63) is 12.2 Å². The van der Waals surface area contributed by atoms with Crippen LogP contribution in [0.4, 0.5) is 0 Å². The van der Waals surface area contributed by atoms with Crippen LogP contribution in [0.3, 0.4) is 0 Å². The van der Waals surface area contributed by atoms with Gasteiger partial charge in [0.15, 0.2) is 12.6 Å². The summed E-state index contributed by atoms with van der Waals surface area (Å²) in [4.78, 5) is 13.1. The molecule has 14 nitrogen and oxygen atoms in total. The van der Waals surface area contributed by atoms with Crippen molar-refractivity contribution in [2.45, 2.75) is 338 Å². The van der Waals surface area contributed by atoms with Crippen LogP contribution in [-0.4, -0.2) is 142 Å². The van der Waals surface area contributed by atoms with E-state index in [1.807, 2.05) is 0 Å². The summed E-state index contributed by atoms with van der Waals surface area (Å²) in [5.41, 5.74) is 0. The fourth-order valence-electron chi connectivity index (χ4n) is 10.2. The van der Waals surface area contributed by atoms with Crippen LogP contribution in [0.25, 0.3) is 0 Å². The highest BCUT2D eigenvalue weighted by atomic mass is 16.7. The first-order valence-electron chi connectivity index (χ1n) is 31.3. The number of allylic oxidation sites excluding steroid dienone is 2. The lowest BCUT2D eigenvalue weighted by atomic mass is 9.98. The Labute approximate surface area is 456 Å². The summed E-state index contributed by atoms with van der Waals surface area (Å²) in [6.07, 6.45) is 38.6. The molecule has 2 saturated heterocycles. The van der Waals surface area contributed by atoms with Crippen molar-refractivity contribution < 1.29 is 69.0 Å². The minimum absolute atomic E-state index is 0.0647. The van der Waals surface area contributed by atoms with E-state index in [-0.39, 0.29) is 25.6 Å². The fourth-order valence-corrected chi connectivity index (χ4v) is 10.2. The molecule has 2 aliphatic heterocycles. The number of hydrogen-bond donors (Lipinski definition) is 7. The van der Waals surface area contributed by atoms with E-state index < -0.39 is 80.7 Å². The van der Waals surface area contributed by atoms with Gasteiger partial charge in [0.2, 0.25) is 0 Å². The second kappa shape index (κ2) is 48.6. The number of carbonyl (C=O) groups is 1. The van der Waals surface area contributed by atoms with Crippen LogP contribution in [-0.2, 0) is 33.2 Å². The summed E-state index contributed by atoms with van der Waals surface area (Å²) in [6.45, 7) is 3.74. The third-order valence-corrected chi connectivity index (χ3v) is 15.3. The fraction of sp³-hybridized carbons (Fsp3) is 0.951. The van der Waals surface area contributed by atoms with E-state index in [0.29, 0.717) is 13.0 Å². The summed E-state index contributed by atoms with van der Waals surface area (Å²) in [5.74, 6) is -0.378. The highest BCUT2D eigenvalue weighted by Gasteiger charge is 2.47.